The number of nitrogens with zero attached hydrogens (tertiary/aromatic N) is 1. The lowest BCUT2D eigenvalue weighted by atomic mass is 9.86. The number of carbonyl (C=O) groups is 2. The van der Waals surface area contributed by atoms with E-state index in [0.29, 0.717) is 6.54 Å². The molecule has 25 heavy (non-hydrogen) atoms. The van der Waals surface area contributed by atoms with E-state index in [4.69, 9.17) is 0 Å². The normalized spacial score (nSPS) is 18.1. The molecule has 1 amide bonds. The molecule has 0 radical (unpaired) electrons. The molecule has 0 saturated carbocycles. The number of nitrogens with one attached hydrogen (secondary N) is 1. The maximum Gasteiger partial charge on any atom is 0.234 e. The zero-order valence-corrected chi connectivity index (χ0v) is 15.5. The molecule has 5 heteroatoms. The lowest BCUT2D eigenvalue weighted by Crippen LogP contribution is -2.48. The van der Waals surface area contributed by atoms with Gasteiger partial charge < -0.3 is 10.4 Å². The van der Waals surface area contributed by atoms with Crippen molar-refractivity contribution in [2.45, 2.75) is 52.1 Å². The molecule has 138 valence electrons. The lowest BCUT2D eigenvalue weighted by Gasteiger charge is -2.35. The fourth-order valence-corrected chi connectivity index (χ4v) is 3.72. The fourth-order valence-electron chi connectivity index (χ4n) is 3.72. The highest BCUT2D eigenvalue weighted by molar-refractivity contribution is 5.88. The summed E-state index contributed by atoms with van der Waals surface area (Å²) in [5.41, 5.74) is 2.58. The molecule has 0 heterocycles. The number of rotatable bonds is 8. The van der Waals surface area contributed by atoms with E-state index in [9.17, 15) is 14.7 Å². The summed E-state index contributed by atoms with van der Waals surface area (Å²) in [7, 11) is 0. The van der Waals surface area contributed by atoms with Gasteiger partial charge in [-0.05, 0) is 43.2 Å². The standard InChI is InChI=1S/C20H30N2O3/c1-14(2)20(15(3)24)21-19(25)13-22(11-12-23)18-10-6-8-16-7-4-5-9-17(16)18/h4-5,7,9,14,18,20,23H,6,8,10-13H2,1-3H3,(H,21,25). The van der Waals surface area contributed by atoms with Crippen LogP contribution in [0.4, 0.5) is 0 Å². The minimum Gasteiger partial charge on any atom is -0.395 e. The molecule has 1 aromatic rings. The van der Waals surface area contributed by atoms with E-state index >= 15 is 0 Å². The summed E-state index contributed by atoms with van der Waals surface area (Å²) < 4.78 is 0. The number of amides is 1. The number of ketones is 1. The van der Waals surface area contributed by atoms with Crippen LogP contribution in [0.1, 0.15) is 50.8 Å². The first kappa shape index (κ1) is 19.6. The summed E-state index contributed by atoms with van der Waals surface area (Å²) >= 11 is 0. The van der Waals surface area contributed by atoms with Crippen LogP contribution < -0.4 is 5.32 Å². The first-order valence-electron chi connectivity index (χ1n) is 9.16. The topological polar surface area (TPSA) is 69.6 Å². The zero-order chi connectivity index (χ0) is 18.4. The molecule has 2 unspecified atom stereocenters. The Morgan fingerprint density at radius 3 is 2.68 bits per heavy atom. The van der Waals surface area contributed by atoms with Gasteiger partial charge in [0.15, 0.2) is 5.78 Å². The molecular formula is C20H30N2O3. The summed E-state index contributed by atoms with van der Waals surface area (Å²) in [6.07, 6.45) is 3.11. The van der Waals surface area contributed by atoms with Crippen molar-refractivity contribution in [2.75, 3.05) is 19.7 Å². The second-order valence-corrected chi connectivity index (χ2v) is 7.20. The van der Waals surface area contributed by atoms with Crippen LogP contribution in [0, 0.1) is 5.92 Å². The second-order valence-electron chi connectivity index (χ2n) is 7.20. The van der Waals surface area contributed by atoms with Crippen molar-refractivity contribution in [2.24, 2.45) is 5.92 Å². The molecule has 0 aliphatic heterocycles. The highest BCUT2D eigenvalue weighted by Crippen LogP contribution is 2.33. The highest BCUT2D eigenvalue weighted by atomic mass is 16.3. The molecular weight excluding hydrogens is 316 g/mol. The Balaban J connectivity index is 2.11. The molecule has 0 saturated heterocycles. The molecule has 1 aromatic carbocycles. The monoisotopic (exact) mass is 346 g/mol. The lowest BCUT2D eigenvalue weighted by molar-refractivity contribution is -0.129. The van der Waals surface area contributed by atoms with E-state index in [0.717, 1.165) is 19.3 Å². The van der Waals surface area contributed by atoms with Gasteiger partial charge >= 0.3 is 0 Å². The number of fused-ring (bicyclic) bond motifs is 1. The van der Waals surface area contributed by atoms with Crippen LogP contribution in [-0.4, -0.2) is 47.4 Å². The van der Waals surface area contributed by atoms with E-state index in [1.165, 1.54) is 18.1 Å². The van der Waals surface area contributed by atoms with Crippen LogP contribution in [0.25, 0.3) is 0 Å². The molecule has 1 aliphatic rings. The second kappa shape index (κ2) is 9.11. The highest BCUT2D eigenvalue weighted by Gasteiger charge is 2.28. The van der Waals surface area contributed by atoms with Gasteiger partial charge in [-0.15, -0.1) is 0 Å². The maximum absolute atomic E-state index is 12.5. The summed E-state index contributed by atoms with van der Waals surface area (Å²) in [6.45, 7) is 6.00. The third-order valence-electron chi connectivity index (χ3n) is 4.93. The fraction of sp³-hybridized carbons (Fsp3) is 0.600. The van der Waals surface area contributed by atoms with Gasteiger partial charge in [0, 0.05) is 12.6 Å². The van der Waals surface area contributed by atoms with Crippen LogP contribution in [0.2, 0.25) is 0 Å². The number of hydrogen-bond donors (Lipinski definition) is 2. The molecule has 0 spiro atoms. The van der Waals surface area contributed by atoms with Crippen LogP contribution in [0.15, 0.2) is 24.3 Å². The van der Waals surface area contributed by atoms with E-state index in [1.54, 1.807) is 0 Å². The van der Waals surface area contributed by atoms with Crippen molar-refractivity contribution in [3.05, 3.63) is 35.4 Å². The number of carbonyl (C=O) groups excluding carboxylic acids is 2. The summed E-state index contributed by atoms with van der Waals surface area (Å²) in [5, 5.41) is 12.3. The third-order valence-corrected chi connectivity index (χ3v) is 4.93. The van der Waals surface area contributed by atoms with Gasteiger partial charge in [0.05, 0.1) is 19.2 Å². The maximum atomic E-state index is 12.5. The number of hydrogen-bond acceptors (Lipinski definition) is 4. The van der Waals surface area contributed by atoms with Crippen LogP contribution in [0.5, 0.6) is 0 Å². The van der Waals surface area contributed by atoms with Gasteiger partial charge in [-0.1, -0.05) is 38.1 Å². The molecule has 2 rings (SSSR count). The number of aliphatic hydroxyl groups excluding tert-OH is 1. The first-order valence-corrected chi connectivity index (χ1v) is 9.16. The van der Waals surface area contributed by atoms with Gasteiger partial charge in [0.2, 0.25) is 5.91 Å². The molecule has 1 aliphatic carbocycles. The predicted molar refractivity (Wildman–Crippen MR) is 98.2 cm³/mol. The molecule has 5 nitrogen and oxygen atoms in total. The number of Topliss-reactive ketones (excluding diaryl/α,β-unsaturated/α-hetero) is 1. The number of benzene rings is 1. The Labute approximate surface area is 150 Å². The van der Waals surface area contributed by atoms with Gasteiger partial charge in [0.1, 0.15) is 0 Å². The van der Waals surface area contributed by atoms with Gasteiger partial charge in [-0.3, -0.25) is 14.5 Å². The Morgan fingerprint density at radius 1 is 1.32 bits per heavy atom. The van der Waals surface area contributed by atoms with E-state index < -0.39 is 6.04 Å². The molecule has 0 bridgehead atoms. The summed E-state index contributed by atoms with van der Waals surface area (Å²) in [5.74, 6) is -0.131. The molecule has 2 N–H and O–H groups in total. The first-order chi connectivity index (χ1) is 11.9. The minimum atomic E-state index is -0.456. The summed E-state index contributed by atoms with van der Waals surface area (Å²) in [4.78, 5) is 26.3. The number of aryl methyl sites for hydroxylation is 1. The average molecular weight is 346 g/mol. The van der Waals surface area contributed by atoms with Gasteiger partial charge in [-0.2, -0.15) is 0 Å². The number of aliphatic hydroxyl groups is 1. The Kier molecular flexibility index (Phi) is 7.14. The van der Waals surface area contributed by atoms with E-state index in [2.05, 4.69) is 17.4 Å². The van der Waals surface area contributed by atoms with Crippen molar-refractivity contribution >= 4 is 11.7 Å². The smallest absolute Gasteiger partial charge is 0.234 e. The van der Waals surface area contributed by atoms with E-state index in [1.807, 2.05) is 30.9 Å². The van der Waals surface area contributed by atoms with Crippen LogP contribution in [-0.2, 0) is 16.0 Å². The van der Waals surface area contributed by atoms with Gasteiger partial charge in [0.25, 0.3) is 0 Å². The zero-order valence-electron chi connectivity index (χ0n) is 15.5. The van der Waals surface area contributed by atoms with Crippen LogP contribution >= 0.6 is 0 Å². The minimum absolute atomic E-state index is 0.00621. The third kappa shape index (κ3) is 5.13. The van der Waals surface area contributed by atoms with Crippen LogP contribution in [0.3, 0.4) is 0 Å². The Hall–Kier alpha value is -1.72. The molecule has 0 aromatic heterocycles. The van der Waals surface area contributed by atoms with Crippen molar-refractivity contribution < 1.29 is 14.7 Å². The quantitative estimate of drug-likeness (QED) is 0.756. The molecule has 2 atom stereocenters. The van der Waals surface area contributed by atoms with Crippen molar-refractivity contribution in [1.82, 2.24) is 10.2 Å². The predicted octanol–water partition coefficient (Wildman–Crippen LogP) is 2.09. The van der Waals surface area contributed by atoms with Crippen molar-refractivity contribution in [3.8, 4) is 0 Å². The summed E-state index contributed by atoms with van der Waals surface area (Å²) in [6, 6.07) is 8.01. The SMILES string of the molecule is CC(=O)C(NC(=O)CN(CCO)C1CCCc2ccccc21)C(C)C. The van der Waals surface area contributed by atoms with Crippen molar-refractivity contribution in [3.63, 3.8) is 0 Å². The molecule has 0 fully saturated rings. The van der Waals surface area contributed by atoms with Gasteiger partial charge in [-0.25, -0.2) is 0 Å². The van der Waals surface area contributed by atoms with E-state index in [-0.39, 0.29) is 36.8 Å². The largest absolute Gasteiger partial charge is 0.395 e. The van der Waals surface area contributed by atoms with Crippen molar-refractivity contribution in [1.29, 1.82) is 0 Å². The Bertz CT molecular complexity index is 600. The average Bonchev–Trinajstić information content (AvgIpc) is 2.58. The Morgan fingerprint density at radius 2 is 2.04 bits per heavy atom.